The number of hydrogen-bond acceptors (Lipinski definition) is 2. The summed E-state index contributed by atoms with van der Waals surface area (Å²) in [6.07, 6.45) is 0. The Morgan fingerprint density at radius 1 is 1.14 bits per heavy atom. The van der Waals surface area contributed by atoms with E-state index < -0.39 is 10.2 Å². The number of hydrogen-bond donors (Lipinski definition) is 0. The lowest BCUT2D eigenvalue weighted by atomic mass is 10.1. The van der Waals surface area contributed by atoms with Crippen molar-refractivity contribution in [3.63, 3.8) is 0 Å². The summed E-state index contributed by atoms with van der Waals surface area (Å²) in [5.74, 6) is 0. The summed E-state index contributed by atoms with van der Waals surface area (Å²) in [5.41, 5.74) is -0.317. The third-order valence-corrected chi connectivity index (χ3v) is 4.91. The lowest BCUT2D eigenvalue weighted by molar-refractivity contribution is 0.271. The molecule has 1 heterocycles. The van der Waals surface area contributed by atoms with E-state index in [-0.39, 0.29) is 11.6 Å². The van der Waals surface area contributed by atoms with Crippen molar-refractivity contribution in [2.75, 3.05) is 13.1 Å². The smallest absolute Gasteiger partial charge is 0.195 e. The van der Waals surface area contributed by atoms with E-state index in [1.54, 1.807) is 8.61 Å². The van der Waals surface area contributed by atoms with Crippen LogP contribution >= 0.6 is 0 Å². The third kappa shape index (κ3) is 1.94. The van der Waals surface area contributed by atoms with Crippen LogP contribution < -0.4 is 0 Å². The zero-order chi connectivity index (χ0) is 11.1. The Morgan fingerprint density at radius 2 is 1.64 bits per heavy atom. The van der Waals surface area contributed by atoms with Crippen molar-refractivity contribution in [2.45, 2.75) is 46.2 Å². The highest BCUT2D eigenvalue weighted by atomic mass is 32.2. The third-order valence-electron chi connectivity index (χ3n) is 2.42. The van der Waals surface area contributed by atoms with Gasteiger partial charge in [0.15, 0.2) is 0 Å². The Morgan fingerprint density at radius 3 is 1.86 bits per heavy atom. The first-order chi connectivity index (χ1) is 6.17. The van der Waals surface area contributed by atoms with Crippen LogP contribution in [0.15, 0.2) is 0 Å². The second-order valence-corrected chi connectivity index (χ2v) is 6.76. The van der Waals surface area contributed by atoms with Crippen molar-refractivity contribution < 1.29 is 8.42 Å². The van der Waals surface area contributed by atoms with Gasteiger partial charge in [0.25, 0.3) is 10.2 Å². The molecule has 0 spiro atoms. The largest absolute Gasteiger partial charge is 0.282 e. The fraction of sp³-hybridized carbons (Fsp3) is 1.00. The maximum absolute atomic E-state index is 12.0. The zero-order valence-corrected chi connectivity index (χ0v) is 10.4. The predicted molar refractivity (Wildman–Crippen MR) is 57.2 cm³/mol. The highest BCUT2D eigenvalue weighted by molar-refractivity contribution is 7.87. The second kappa shape index (κ2) is 3.47. The first-order valence-corrected chi connectivity index (χ1v) is 6.36. The fourth-order valence-electron chi connectivity index (χ4n) is 1.75. The van der Waals surface area contributed by atoms with Crippen molar-refractivity contribution in [2.24, 2.45) is 0 Å². The van der Waals surface area contributed by atoms with Crippen molar-refractivity contribution in [3.8, 4) is 0 Å². The predicted octanol–water partition coefficient (Wildman–Crippen LogP) is 1.06. The number of nitrogens with zero attached hydrogens (tertiary/aromatic N) is 2. The quantitative estimate of drug-likeness (QED) is 0.663. The van der Waals surface area contributed by atoms with E-state index in [1.165, 1.54) is 0 Å². The van der Waals surface area contributed by atoms with Gasteiger partial charge in [-0.2, -0.15) is 17.0 Å². The molecular weight excluding hydrogens is 200 g/mol. The molecule has 1 aliphatic heterocycles. The Bertz CT molecular complexity index is 303. The minimum Gasteiger partial charge on any atom is -0.195 e. The summed E-state index contributed by atoms with van der Waals surface area (Å²) in [6, 6.07) is 0.0485. The Hall–Kier alpha value is -0.130. The van der Waals surface area contributed by atoms with E-state index in [0.717, 1.165) is 0 Å². The van der Waals surface area contributed by atoms with Crippen LogP contribution in [0.5, 0.6) is 0 Å². The normalized spacial score (nSPS) is 24.7. The molecule has 0 bridgehead atoms. The minimum absolute atomic E-state index is 0.0485. The molecule has 0 atom stereocenters. The Kier molecular flexibility index (Phi) is 2.96. The van der Waals surface area contributed by atoms with Crippen LogP contribution in [0, 0.1) is 0 Å². The molecule has 1 saturated heterocycles. The molecule has 0 unspecified atom stereocenters. The van der Waals surface area contributed by atoms with Gasteiger partial charge in [0, 0.05) is 24.7 Å². The average Bonchev–Trinajstić information content (AvgIpc) is 2.22. The van der Waals surface area contributed by atoms with Crippen LogP contribution in [0.4, 0.5) is 0 Å². The summed E-state index contributed by atoms with van der Waals surface area (Å²) in [6.45, 7) is 10.8. The fourth-order valence-corrected chi connectivity index (χ4v) is 3.86. The monoisotopic (exact) mass is 220 g/mol. The minimum atomic E-state index is -3.22. The molecule has 0 aromatic rings. The van der Waals surface area contributed by atoms with E-state index in [0.29, 0.717) is 13.1 Å². The lowest BCUT2D eigenvalue weighted by Crippen LogP contribution is -2.45. The molecule has 1 aliphatic rings. The van der Waals surface area contributed by atoms with Gasteiger partial charge >= 0.3 is 0 Å². The molecule has 14 heavy (non-hydrogen) atoms. The summed E-state index contributed by atoms with van der Waals surface area (Å²) in [4.78, 5) is 0. The molecule has 0 saturated carbocycles. The first kappa shape index (κ1) is 11.9. The molecule has 0 aliphatic carbocycles. The van der Waals surface area contributed by atoms with E-state index in [4.69, 9.17) is 0 Å². The van der Waals surface area contributed by atoms with E-state index in [9.17, 15) is 8.42 Å². The van der Waals surface area contributed by atoms with E-state index in [1.807, 2.05) is 34.6 Å². The maximum Gasteiger partial charge on any atom is 0.282 e. The first-order valence-electron chi connectivity index (χ1n) is 4.97. The molecule has 84 valence electrons. The molecule has 1 rings (SSSR count). The van der Waals surface area contributed by atoms with Crippen molar-refractivity contribution >= 4 is 10.2 Å². The molecule has 0 N–H and O–H groups in total. The van der Waals surface area contributed by atoms with E-state index in [2.05, 4.69) is 0 Å². The standard InChI is InChI=1S/C9H20N2O2S/c1-8(2)10-6-7-11(9(3,4)5)14(10,12)13/h8H,6-7H2,1-5H3. The average molecular weight is 220 g/mol. The van der Waals surface area contributed by atoms with Gasteiger partial charge in [-0.15, -0.1) is 0 Å². The summed E-state index contributed by atoms with van der Waals surface area (Å²) in [5, 5.41) is 0. The highest BCUT2D eigenvalue weighted by Crippen LogP contribution is 2.27. The molecule has 5 heteroatoms. The number of rotatable bonds is 1. The van der Waals surface area contributed by atoms with Crippen LogP contribution in [0.1, 0.15) is 34.6 Å². The molecule has 0 amide bonds. The van der Waals surface area contributed by atoms with Crippen LogP contribution in [0.25, 0.3) is 0 Å². The van der Waals surface area contributed by atoms with Gasteiger partial charge in [0.2, 0.25) is 0 Å². The van der Waals surface area contributed by atoms with Gasteiger partial charge in [-0.05, 0) is 34.6 Å². The van der Waals surface area contributed by atoms with Gasteiger partial charge in [-0.3, -0.25) is 0 Å². The molecule has 0 aromatic carbocycles. The van der Waals surface area contributed by atoms with Crippen molar-refractivity contribution in [1.29, 1.82) is 0 Å². The van der Waals surface area contributed by atoms with Crippen LogP contribution in [0.3, 0.4) is 0 Å². The lowest BCUT2D eigenvalue weighted by Gasteiger charge is -2.31. The topological polar surface area (TPSA) is 40.6 Å². The highest BCUT2D eigenvalue weighted by Gasteiger charge is 2.43. The van der Waals surface area contributed by atoms with Gasteiger partial charge < -0.3 is 0 Å². The molecule has 0 aromatic heterocycles. The second-order valence-electron chi connectivity index (χ2n) is 4.96. The zero-order valence-electron chi connectivity index (χ0n) is 9.61. The van der Waals surface area contributed by atoms with Crippen molar-refractivity contribution in [1.82, 2.24) is 8.61 Å². The van der Waals surface area contributed by atoms with Crippen LogP contribution in [-0.2, 0) is 10.2 Å². The van der Waals surface area contributed by atoms with Gasteiger partial charge in [0.05, 0.1) is 0 Å². The van der Waals surface area contributed by atoms with Gasteiger partial charge in [-0.25, -0.2) is 0 Å². The molecule has 4 nitrogen and oxygen atoms in total. The van der Waals surface area contributed by atoms with E-state index >= 15 is 0 Å². The Labute approximate surface area is 87.1 Å². The SMILES string of the molecule is CC(C)N1CCN(C(C)(C)C)S1(=O)=O. The van der Waals surface area contributed by atoms with Crippen LogP contribution in [0.2, 0.25) is 0 Å². The molecule has 0 radical (unpaired) electrons. The molecular formula is C9H20N2O2S. The maximum atomic E-state index is 12.0. The Balaban J connectivity index is 2.99. The van der Waals surface area contributed by atoms with Gasteiger partial charge in [0.1, 0.15) is 0 Å². The summed E-state index contributed by atoms with van der Waals surface area (Å²) < 4.78 is 27.2. The van der Waals surface area contributed by atoms with Crippen molar-refractivity contribution in [3.05, 3.63) is 0 Å². The molecule has 1 fully saturated rings. The van der Waals surface area contributed by atoms with Gasteiger partial charge in [-0.1, -0.05) is 0 Å². The van der Waals surface area contributed by atoms with Crippen LogP contribution in [-0.4, -0.2) is 41.7 Å². The summed E-state index contributed by atoms with van der Waals surface area (Å²) >= 11 is 0. The summed E-state index contributed by atoms with van der Waals surface area (Å²) in [7, 11) is -3.22.